The van der Waals surface area contributed by atoms with Gasteiger partial charge in [-0.1, -0.05) is 12.1 Å². The molecule has 0 spiro atoms. The first-order valence-electron chi connectivity index (χ1n) is 7.55. The normalized spacial score (nSPS) is 13.0. The van der Waals surface area contributed by atoms with E-state index in [9.17, 15) is 14.4 Å². The fourth-order valence-electron chi connectivity index (χ4n) is 2.98. The lowest BCUT2D eigenvalue weighted by Crippen LogP contribution is -2.24. The Morgan fingerprint density at radius 3 is 2.48 bits per heavy atom. The molecule has 3 heterocycles. The van der Waals surface area contributed by atoms with Crippen molar-refractivity contribution in [2.45, 2.75) is 6.92 Å². The summed E-state index contributed by atoms with van der Waals surface area (Å²) >= 11 is 0. The van der Waals surface area contributed by atoms with Crippen LogP contribution in [0.15, 0.2) is 51.7 Å². The summed E-state index contributed by atoms with van der Waals surface area (Å²) in [6.45, 7) is 1.82. The summed E-state index contributed by atoms with van der Waals surface area (Å²) in [4.78, 5) is 36.4. The Labute approximate surface area is 141 Å². The molecule has 3 aromatic rings. The van der Waals surface area contributed by atoms with Gasteiger partial charge in [0.2, 0.25) is 0 Å². The number of amides is 2. The van der Waals surface area contributed by atoms with Crippen LogP contribution in [0.25, 0.3) is 17.0 Å². The van der Waals surface area contributed by atoms with Crippen LogP contribution in [0.1, 0.15) is 26.5 Å². The molecule has 0 aliphatic carbocycles. The molecule has 0 saturated heterocycles. The first-order chi connectivity index (χ1) is 12.0. The molecule has 124 valence electrons. The zero-order chi connectivity index (χ0) is 17.7. The number of furan rings is 1. The molecule has 0 unspecified atom stereocenters. The third-order valence-electron chi connectivity index (χ3n) is 4.10. The third-order valence-corrected chi connectivity index (χ3v) is 4.10. The quantitative estimate of drug-likeness (QED) is 0.695. The summed E-state index contributed by atoms with van der Waals surface area (Å²) in [6.07, 6.45) is 0. The van der Waals surface area contributed by atoms with Gasteiger partial charge in [0.1, 0.15) is 17.3 Å². The van der Waals surface area contributed by atoms with Crippen molar-refractivity contribution >= 4 is 17.6 Å². The van der Waals surface area contributed by atoms with E-state index in [4.69, 9.17) is 10.2 Å². The predicted octanol–water partition coefficient (Wildman–Crippen LogP) is 1.87. The van der Waals surface area contributed by atoms with Crippen molar-refractivity contribution in [3.05, 3.63) is 69.7 Å². The van der Waals surface area contributed by atoms with Gasteiger partial charge in [0, 0.05) is 11.6 Å². The molecule has 7 heteroatoms. The SMILES string of the molecule is Cc1ccc(-c2ccccc2-n2c(N)c3c(cc2=O)C(=O)NC3=O)o1. The largest absolute Gasteiger partial charge is 0.461 e. The monoisotopic (exact) mass is 335 g/mol. The van der Waals surface area contributed by atoms with Crippen molar-refractivity contribution in [2.24, 2.45) is 0 Å². The average Bonchev–Trinajstić information content (AvgIpc) is 3.12. The van der Waals surface area contributed by atoms with Crippen LogP contribution in [0.5, 0.6) is 0 Å². The van der Waals surface area contributed by atoms with Crippen LogP contribution in [0.3, 0.4) is 0 Å². The Morgan fingerprint density at radius 1 is 1.00 bits per heavy atom. The summed E-state index contributed by atoms with van der Waals surface area (Å²) in [5, 5.41) is 2.15. The molecule has 1 aromatic carbocycles. The van der Waals surface area contributed by atoms with Gasteiger partial charge in [0.15, 0.2) is 0 Å². The van der Waals surface area contributed by atoms with Gasteiger partial charge in [-0.05, 0) is 31.2 Å². The fraction of sp³-hybridized carbons (Fsp3) is 0.0556. The number of carbonyl (C=O) groups excluding carboxylic acids is 2. The summed E-state index contributed by atoms with van der Waals surface area (Å²) < 4.78 is 6.87. The van der Waals surface area contributed by atoms with E-state index >= 15 is 0 Å². The highest BCUT2D eigenvalue weighted by Gasteiger charge is 2.32. The Bertz CT molecular complexity index is 1110. The van der Waals surface area contributed by atoms with Crippen molar-refractivity contribution in [2.75, 3.05) is 5.73 Å². The smallest absolute Gasteiger partial charge is 0.262 e. The molecule has 3 N–H and O–H groups in total. The van der Waals surface area contributed by atoms with Crippen LogP contribution in [0.2, 0.25) is 0 Å². The number of anilines is 1. The van der Waals surface area contributed by atoms with Crippen LogP contribution in [0, 0.1) is 6.92 Å². The van der Waals surface area contributed by atoms with Crippen LogP contribution in [0.4, 0.5) is 5.82 Å². The van der Waals surface area contributed by atoms with Crippen molar-refractivity contribution < 1.29 is 14.0 Å². The van der Waals surface area contributed by atoms with Crippen LogP contribution in [-0.4, -0.2) is 16.4 Å². The van der Waals surface area contributed by atoms with Crippen LogP contribution < -0.4 is 16.6 Å². The van der Waals surface area contributed by atoms with E-state index in [2.05, 4.69) is 5.32 Å². The van der Waals surface area contributed by atoms with E-state index in [0.717, 1.165) is 11.8 Å². The lowest BCUT2D eigenvalue weighted by atomic mass is 10.1. The van der Waals surface area contributed by atoms with E-state index < -0.39 is 17.4 Å². The van der Waals surface area contributed by atoms with E-state index in [0.29, 0.717) is 17.0 Å². The second-order valence-electron chi connectivity index (χ2n) is 5.70. The molecule has 25 heavy (non-hydrogen) atoms. The third kappa shape index (κ3) is 2.17. The maximum atomic E-state index is 12.6. The second kappa shape index (κ2) is 5.20. The van der Waals surface area contributed by atoms with Gasteiger partial charge in [-0.3, -0.25) is 24.3 Å². The maximum Gasteiger partial charge on any atom is 0.262 e. The number of hydrogen-bond acceptors (Lipinski definition) is 5. The lowest BCUT2D eigenvalue weighted by molar-refractivity contribution is 0.0880. The summed E-state index contributed by atoms with van der Waals surface area (Å²) in [5.74, 6) is -0.0190. The van der Waals surface area contributed by atoms with Crippen LogP contribution >= 0.6 is 0 Å². The van der Waals surface area contributed by atoms with E-state index in [1.54, 1.807) is 24.3 Å². The van der Waals surface area contributed by atoms with Crippen molar-refractivity contribution in [3.63, 3.8) is 0 Å². The molecule has 0 radical (unpaired) electrons. The number of aromatic nitrogens is 1. The number of fused-ring (bicyclic) bond motifs is 1. The predicted molar refractivity (Wildman–Crippen MR) is 90.7 cm³/mol. The number of hydrogen-bond donors (Lipinski definition) is 2. The number of pyridine rings is 1. The van der Waals surface area contributed by atoms with E-state index in [-0.39, 0.29) is 16.9 Å². The Hall–Kier alpha value is -3.61. The molecular weight excluding hydrogens is 322 g/mol. The molecule has 1 aliphatic rings. The molecule has 7 nitrogen and oxygen atoms in total. The van der Waals surface area contributed by atoms with Gasteiger partial charge in [0.05, 0.1) is 16.8 Å². The highest BCUT2D eigenvalue weighted by molar-refractivity contribution is 6.23. The number of nitrogens with two attached hydrogens (primary N) is 1. The number of aryl methyl sites for hydroxylation is 1. The van der Waals surface area contributed by atoms with Gasteiger partial charge in [-0.15, -0.1) is 0 Å². The number of benzene rings is 1. The molecule has 2 aromatic heterocycles. The molecule has 0 bridgehead atoms. The molecule has 1 aliphatic heterocycles. The van der Waals surface area contributed by atoms with Crippen molar-refractivity contribution in [1.82, 2.24) is 9.88 Å². The highest BCUT2D eigenvalue weighted by Crippen LogP contribution is 2.30. The Balaban J connectivity index is 2.02. The molecule has 4 rings (SSSR count). The average molecular weight is 335 g/mol. The molecular formula is C18H13N3O4. The molecule has 0 fully saturated rings. The number of rotatable bonds is 2. The van der Waals surface area contributed by atoms with Gasteiger partial charge in [-0.25, -0.2) is 0 Å². The summed E-state index contributed by atoms with van der Waals surface area (Å²) in [7, 11) is 0. The van der Waals surface area contributed by atoms with Crippen molar-refractivity contribution in [3.8, 4) is 17.0 Å². The number of nitrogens with zero attached hydrogens (tertiary/aromatic N) is 1. The number of nitrogen functional groups attached to an aromatic ring is 1. The number of carbonyl (C=O) groups is 2. The number of nitrogens with one attached hydrogen (secondary N) is 1. The number of imide groups is 1. The van der Waals surface area contributed by atoms with Gasteiger partial charge in [-0.2, -0.15) is 0 Å². The summed E-state index contributed by atoms with van der Waals surface area (Å²) in [6, 6.07) is 11.8. The molecule has 0 atom stereocenters. The summed E-state index contributed by atoms with van der Waals surface area (Å²) in [5.41, 5.74) is 6.71. The second-order valence-corrected chi connectivity index (χ2v) is 5.70. The van der Waals surface area contributed by atoms with Gasteiger partial charge >= 0.3 is 0 Å². The highest BCUT2D eigenvalue weighted by atomic mass is 16.3. The lowest BCUT2D eigenvalue weighted by Gasteiger charge is -2.14. The maximum absolute atomic E-state index is 12.6. The minimum atomic E-state index is -0.620. The zero-order valence-corrected chi connectivity index (χ0v) is 13.2. The molecule has 2 amide bonds. The molecule has 0 saturated carbocycles. The van der Waals surface area contributed by atoms with Crippen molar-refractivity contribution in [1.29, 1.82) is 0 Å². The Morgan fingerprint density at radius 2 is 1.76 bits per heavy atom. The number of para-hydroxylation sites is 1. The van der Waals surface area contributed by atoms with Crippen LogP contribution in [-0.2, 0) is 0 Å². The fourth-order valence-corrected chi connectivity index (χ4v) is 2.98. The van der Waals surface area contributed by atoms with E-state index in [1.165, 1.54) is 4.57 Å². The van der Waals surface area contributed by atoms with Gasteiger partial charge in [0.25, 0.3) is 17.4 Å². The minimum absolute atomic E-state index is 0.00456. The topological polar surface area (TPSA) is 107 Å². The first-order valence-corrected chi connectivity index (χ1v) is 7.55. The minimum Gasteiger partial charge on any atom is -0.461 e. The zero-order valence-electron chi connectivity index (χ0n) is 13.2. The van der Waals surface area contributed by atoms with E-state index in [1.807, 2.05) is 19.1 Å². The Kier molecular flexibility index (Phi) is 3.11. The van der Waals surface area contributed by atoms with Gasteiger partial charge < -0.3 is 10.2 Å². The standard InChI is InChI=1S/C18H13N3O4/c1-9-6-7-13(25-9)10-4-2-3-5-12(10)21-14(22)8-11-15(16(21)19)18(24)20-17(11)23/h2-8H,19H2,1H3,(H,20,23,24). The first kappa shape index (κ1) is 14.9.